The van der Waals surface area contributed by atoms with Gasteiger partial charge in [-0.1, -0.05) is 20.8 Å². The molecule has 0 saturated heterocycles. The lowest BCUT2D eigenvalue weighted by Gasteiger charge is -2.26. The van der Waals surface area contributed by atoms with E-state index in [-0.39, 0.29) is 10.8 Å². The minimum Gasteiger partial charge on any atom is -0.315 e. The SMILES string of the molecule is CN(C(=O)C(C)(C)C)c1ccc(S(N)(=O)=O)cc1. The first-order valence-corrected chi connectivity index (χ1v) is 6.99. The van der Waals surface area contributed by atoms with Crippen LogP contribution >= 0.6 is 0 Å². The molecule has 100 valence electrons. The fourth-order valence-electron chi connectivity index (χ4n) is 1.48. The Bertz CT molecular complexity index is 542. The van der Waals surface area contributed by atoms with Gasteiger partial charge in [-0.05, 0) is 24.3 Å². The van der Waals surface area contributed by atoms with Crippen LogP contribution in [-0.4, -0.2) is 21.4 Å². The van der Waals surface area contributed by atoms with Crippen molar-refractivity contribution in [3.8, 4) is 0 Å². The van der Waals surface area contributed by atoms with Gasteiger partial charge in [0.05, 0.1) is 4.90 Å². The lowest BCUT2D eigenvalue weighted by atomic mass is 9.95. The molecule has 0 aliphatic heterocycles. The number of nitrogens with zero attached hydrogens (tertiary/aromatic N) is 1. The molecular formula is C12H18N2O3S. The van der Waals surface area contributed by atoms with Gasteiger partial charge >= 0.3 is 0 Å². The van der Waals surface area contributed by atoms with Gasteiger partial charge in [0.1, 0.15) is 0 Å². The predicted molar refractivity (Wildman–Crippen MR) is 70.7 cm³/mol. The van der Waals surface area contributed by atoms with Crippen molar-refractivity contribution in [1.29, 1.82) is 0 Å². The average Bonchev–Trinajstić information content (AvgIpc) is 2.25. The summed E-state index contributed by atoms with van der Waals surface area (Å²) in [5.74, 6) is -0.0501. The number of hydrogen-bond acceptors (Lipinski definition) is 3. The second-order valence-corrected chi connectivity index (χ2v) is 6.71. The molecule has 0 aliphatic rings. The number of carbonyl (C=O) groups is 1. The second-order valence-electron chi connectivity index (χ2n) is 5.15. The van der Waals surface area contributed by atoms with E-state index in [9.17, 15) is 13.2 Å². The number of primary sulfonamides is 1. The lowest BCUT2D eigenvalue weighted by molar-refractivity contribution is -0.125. The Balaban J connectivity index is 3.03. The third-order valence-electron chi connectivity index (χ3n) is 2.50. The Morgan fingerprint density at radius 2 is 1.61 bits per heavy atom. The van der Waals surface area contributed by atoms with Crippen LogP contribution in [0.15, 0.2) is 29.2 Å². The van der Waals surface area contributed by atoms with Crippen LogP contribution in [-0.2, 0) is 14.8 Å². The highest BCUT2D eigenvalue weighted by Crippen LogP contribution is 2.22. The van der Waals surface area contributed by atoms with Crippen molar-refractivity contribution >= 4 is 21.6 Å². The Morgan fingerprint density at radius 3 is 1.94 bits per heavy atom. The first kappa shape index (κ1) is 14.7. The van der Waals surface area contributed by atoms with E-state index in [1.165, 1.54) is 17.0 Å². The summed E-state index contributed by atoms with van der Waals surface area (Å²) in [6.07, 6.45) is 0. The van der Waals surface area contributed by atoms with Gasteiger partial charge in [0.15, 0.2) is 0 Å². The van der Waals surface area contributed by atoms with Gasteiger partial charge in [0.2, 0.25) is 15.9 Å². The highest BCUT2D eigenvalue weighted by Gasteiger charge is 2.25. The molecule has 0 fully saturated rings. The fraction of sp³-hybridized carbons (Fsp3) is 0.417. The summed E-state index contributed by atoms with van der Waals surface area (Å²) in [4.78, 5) is 13.6. The van der Waals surface area contributed by atoms with Gasteiger partial charge in [0, 0.05) is 18.2 Å². The number of nitrogens with two attached hydrogens (primary N) is 1. The smallest absolute Gasteiger partial charge is 0.238 e. The minimum atomic E-state index is -3.70. The normalized spacial score (nSPS) is 12.3. The van der Waals surface area contributed by atoms with E-state index in [1.54, 1.807) is 19.2 Å². The number of hydrogen-bond donors (Lipinski definition) is 1. The van der Waals surface area contributed by atoms with Gasteiger partial charge in [-0.3, -0.25) is 4.79 Å². The summed E-state index contributed by atoms with van der Waals surface area (Å²) < 4.78 is 22.2. The van der Waals surface area contributed by atoms with Crippen LogP contribution in [0.25, 0.3) is 0 Å². The van der Waals surface area contributed by atoms with Crippen molar-refractivity contribution in [2.75, 3.05) is 11.9 Å². The number of rotatable bonds is 2. The highest BCUT2D eigenvalue weighted by atomic mass is 32.2. The number of amides is 1. The maximum Gasteiger partial charge on any atom is 0.238 e. The molecule has 0 heterocycles. The second kappa shape index (κ2) is 4.70. The van der Waals surface area contributed by atoms with E-state index in [2.05, 4.69) is 0 Å². The molecule has 0 atom stereocenters. The van der Waals surface area contributed by atoms with Crippen LogP contribution in [0.4, 0.5) is 5.69 Å². The van der Waals surface area contributed by atoms with Crippen LogP contribution in [0.5, 0.6) is 0 Å². The molecule has 1 amide bonds. The molecule has 0 bridgehead atoms. The Kier molecular flexibility index (Phi) is 3.83. The molecule has 5 nitrogen and oxygen atoms in total. The van der Waals surface area contributed by atoms with Crippen molar-refractivity contribution in [2.45, 2.75) is 25.7 Å². The van der Waals surface area contributed by atoms with E-state index in [4.69, 9.17) is 5.14 Å². The van der Waals surface area contributed by atoms with Crippen molar-refractivity contribution in [3.63, 3.8) is 0 Å². The summed E-state index contributed by atoms with van der Waals surface area (Å²) >= 11 is 0. The zero-order valence-electron chi connectivity index (χ0n) is 11.0. The van der Waals surface area contributed by atoms with Gasteiger partial charge in [-0.15, -0.1) is 0 Å². The summed E-state index contributed by atoms with van der Waals surface area (Å²) in [6, 6.07) is 5.89. The van der Waals surface area contributed by atoms with Crippen molar-refractivity contribution in [3.05, 3.63) is 24.3 Å². The number of benzene rings is 1. The molecule has 0 aromatic heterocycles. The third kappa shape index (κ3) is 3.30. The van der Waals surface area contributed by atoms with Gasteiger partial charge in [-0.25, -0.2) is 13.6 Å². The molecule has 2 N–H and O–H groups in total. The number of carbonyl (C=O) groups excluding carboxylic acids is 1. The largest absolute Gasteiger partial charge is 0.315 e. The van der Waals surface area contributed by atoms with E-state index >= 15 is 0 Å². The van der Waals surface area contributed by atoms with E-state index in [0.717, 1.165) is 0 Å². The quantitative estimate of drug-likeness (QED) is 0.880. The Hall–Kier alpha value is -1.40. The molecular weight excluding hydrogens is 252 g/mol. The third-order valence-corrected chi connectivity index (χ3v) is 3.43. The van der Waals surface area contributed by atoms with Crippen molar-refractivity contribution in [1.82, 2.24) is 0 Å². The number of sulfonamides is 1. The molecule has 18 heavy (non-hydrogen) atoms. The predicted octanol–water partition coefficient (Wildman–Crippen LogP) is 1.34. The lowest BCUT2D eigenvalue weighted by Crippen LogP contribution is -2.36. The summed E-state index contributed by atoms with van der Waals surface area (Å²) in [6.45, 7) is 5.47. The molecule has 1 rings (SSSR count). The van der Waals surface area contributed by atoms with Gasteiger partial charge in [0.25, 0.3) is 0 Å². The molecule has 0 saturated carbocycles. The molecule has 1 aromatic carbocycles. The summed E-state index contributed by atoms with van der Waals surface area (Å²) in [5, 5.41) is 5.00. The van der Waals surface area contributed by atoms with E-state index in [1.807, 2.05) is 20.8 Å². The molecule has 0 spiro atoms. The van der Waals surface area contributed by atoms with Crippen LogP contribution in [0.1, 0.15) is 20.8 Å². The topological polar surface area (TPSA) is 80.5 Å². The summed E-state index contributed by atoms with van der Waals surface area (Å²) in [7, 11) is -2.05. The Morgan fingerprint density at radius 1 is 1.17 bits per heavy atom. The zero-order valence-corrected chi connectivity index (χ0v) is 11.8. The first-order valence-electron chi connectivity index (χ1n) is 5.44. The zero-order chi connectivity index (χ0) is 14.1. The maximum absolute atomic E-state index is 12.0. The van der Waals surface area contributed by atoms with Crippen LogP contribution in [0.2, 0.25) is 0 Å². The minimum absolute atomic E-state index is 0.0304. The number of anilines is 1. The molecule has 0 unspecified atom stereocenters. The molecule has 6 heteroatoms. The summed E-state index contributed by atoms with van der Waals surface area (Å²) in [5.41, 5.74) is 0.134. The monoisotopic (exact) mass is 270 g/mol. The molecule has 0 radical (unpaired) electrons. The van der Waals surface area contributed by atoms with Crippen molar-refractivity contribution < 1.29 is 13.2 Å². The van der Waals surface area contributed by atoms with Gasteiger partial charge in [-0.2, -0.15) is 0 Å². The first-order chi connectivity index (χ1) is 8.03. The van der Waals surface area contributed by atoms with E-state index in [0.29, 0.717) is 5.69 Å². The average molecular weight is 270 g/mol. The van der Waals surface area contributed by atoms with Crippen molar-refractivity contribution in [2.24, 2.45) is 10.6 Å². The van der Waals surface area contributed by atoms with Crippen LogP contribution in [0.3, 0.4) is 0 Å². The van der Waals surface area contributed by atoms with Crippen LogP contribution in [0, 0.1) is 5.41 Å². The van der Waals surface area contributed by atoms with E-state index < -0.39 is 15.4 Å². The highest BCUT2D eigenvalue weighted by molar-refractivity contribution is 7.89. The fourth-order valence-corrected chi connectivity index (χ4v) is 2.00. The Labute approximate surface area is 108 Å². The standard InChI is InChI=1S/C12H18N2O3S/c1-12(2,3)11(15)14(4)9-5-7-10(8-6-9)18(13,16)17/h5-8H,1-4H3,(H2,13,16,17). The molecule has 1 aromatic rings. The molecule has 0 aliphatic carbocycles. The van der Waals surface area contributed by atoms with Crippen LogP contribution < -0.4 is 10.0 Å². The van der Waals surface area contributed by atoms with Gasteiger partial charge < -0.3 is 4.90 Å². The maximum atomic E-state index is 12.0.